The van der Waals surface area contributed by atoms with Crippen molar-refractivity contribution in [3.63, 3.8) is 0 Å². The Morgan fingerprint density at radius 2 is 2.00 bits per heavy atom. The Hall–Kier alpha value is -1.81. The summed E-state index contributed by atoms with van der Waals surface area (Å²) >= 11 is 2.79. The Balaban J connectivity index is 1.89. The second kappa shape index (κ2) is 7.64. The van der Waals surface area contributed by atoms with Gasteiger partial charge in [0.2, 0.25) is 11.0 Å². The molecule has 0 fully saturated rings. The van der Waals surface area contributed by atoms with Gasteiger partial charge < -0.3 is 10.1 Å². The number of anilines is 1. The highest BCUT2D eigenvalue weighted by Crippen LogP contribution is 2.25. The van der Waals surface area contributed by atoms with Gasteiger partial charge in [-0.25, -0.2) is 0 Å². The fraction of sp³-hybridized carbons (Fsp3) is 0.308. The predicted octanol–water partition coefficient (Wildman–Crippen LogP) is 3.73. The number of nitrogens with zero attached hydrogens (tertiary/aromatic N) is 2. The predicted molar refractivity (Wildman–Crippen MR) is 81.8 cm³/mol. The number of benzene rings is 1. The van der Waals surface area contributed by atoms with Gasteiger partial charge in [-0.05, 0) is 23.4 Å². The number of rotatable bonds is 6. The molecule has 0 saturated heterocycles. The zero-order valence-electron chi connectivity index (χ0n) is 11.9. The summed E-state index contributed by atoms with van der Waals surface area (Å²) in [6.07, 6.45) is -4.72. The van der Waals surface area contributed by atoms with Gasteiger partial charge >= 0.3 is 6.36 Å². The van der Waals surface area contributed by atoms with Gasteiger partial charge in [-0.15, -0.1) is 23.4 Å². The van der Waals surface area contributed by atoms with Crippen molar-refractivity contribution in [3.05, 3.63) is 29.8 Å². The average Bonchev–Trinajstić information content (AvgIpc) is 2.87. The number of hydrogen-bond donors (Lipinski definition) is 1. The molecule has 0 spiro atoms. The first-order chi connectivity index (χ1) is 10.9. The van der Waals surface area contributed by atoms with Crippen LogP contribution >= 0.6 is 23.1 Å². The zero-order valence-corrected chi connectivity index (χ0v) is 13.5. The molecule has 0 unspecified atom stereocenters. The first-order valence-corrected chi connectivity index (χ1v) is 8.27. The van der Waals surface area contributed by atoms with E-state index in [0.29, 0.717) is 10.7 Å². The molecule has 1 N–H and O–H groups in total. The summed E-state index contributed by atoms with van der Waals surface area (Å²) in [4.78, 5) is 11.9. The lowest BCUT2D eigenvalue weighted by Crippen LogP contribution is -2.17. The lowest BCUT2D eigenvalue weighted by atomic mass is 10.1. The van der Waals surface area contributed by atoms with E-state index in [2.05, 4.69) is 20.3 Å². The third-order valence-electron chi connectivity index (χ3n) is 2.44. The molecule has 0 atom stereocenters. The Bertz CT molecular complexity index is 659. The Morgan fingerprint density at radius 3 is 2.61 bits per heavy atom. The molecule has 0 radical (unpaired) electrons. The SMILES string of the molecule is CCSc1nnc(NC(=O)Cc2ccc(OC(F)(F)F)cc2)s1. The molecule has 0 saturated carbocycles. The molecule has 0 aliphatic carbocycles. The van der Waals surface area contributed by atoms with Crippen molar-refractivity contribution in [2.45, 2.75) is 24.0 Å². The smallest absolute Gasteiger partial charge is 0.406 e. The summed E-state index contributed by atoms with van der Waals surface area (Å²) < 4.78 is 40.7. The van der Waals surface area contributed by atoms with Crippen LogP contribution < -0.4 is 10.1 Å². The number of alkyl halides is 3. The largest absolute Gasteiger partial charge is 0.573 e. The van der Waals surface area contributed by atoms with E-state index in [1.165, 1.54) is 35.2 Å². The minimum Gasteiger partial charge on any atom is -0.406 e. The van der Waals surface area contributed by atoms with Gasteiger partial charge in [0.25, 0.3) is 0 Å². The van der Waals surface area contributed by atoms with E-state index >= 15 is 0 Å². The molecule has 0 aliphatic rings. The van der Waals surface area contributed by atoms with E-state index in [1.807, 2.05) is 6.92 Å². The first kappa shape index (κ1) is 17.5. The molecule has 1 amide bonds. The number of carbonyl (C=O) groups is 1. The molecule has 5 nitrogen and oxygen atoms in total. The average molecular weight is 363 g/mol. The maximum absolute atomic E-state index is 12.1. The van der Waals surface area contributed by atoms with Crippen LogP contribution in [0.2, 0.25) is 0 Å². The maximum Gasteiger partial charge on any atom is 0.573 e. The van der Waals surface area contributed by atoms with Gasteiger partial charge in [-0.2, -0.15) is 0 Å². The number of thioether (sulfide) groups is 1. The standard InChI is InChI=1S/C13H12F3N3O2S2/c1-2-22-12-19-18-11(23-12)17-10(20)7-8-3-5-9(6-4-8)21-13(14,15)16/h3-6H,2,7H2,1H3,(H,17,18,20). The second-order valence-electron chi connectivity index (χ2n) is 4.22. The number of carbonyl (C=O) groups excluding carboxylic acids is 1. The summed E-state index contributed by atoms with van der Waals surface area (Å²) in [5, 5.41) is 10.7. The van der Waals surface area contributed by atoms with E-state index in [-0.39, 0.29) is 18.1 Å². The van der Waals surface area contributed by atoms with Crippen molar-refractivity contribution >= 4 is 34.1 Å². The monoisotopic (exact) mass is 363 g/mol. The first-order valence-electron chi connectivity index (χ1n) is 6.46. The molecular weight excluding hydrogens is 351 g/mol. The molecule has 1 aromatic heterocycles. The molecule has 0 bridgehead atoms. The number of halogens is 3. The van der Waals surface area contributed by atoms with Crippen LogP contribution in [0, 0.1) is 0 Å². The quantitative estimate of drug-likeness (QED) is 0.626. The molecule has 23 heavy (non-hydrogen) atoms. The molecule has 1 aromatic carbocycles. The summed E-state index contributed by atoms with van der Waals surface area (Å²) in [5.41, 5.74) is 0.560. The zero-order chi connectivity index (χ0) is 16.9. The van der Waals surface area contributed by atoms with E-state index in [4.69, 9.17) is 0 Å². The Kier molecular flexibility index (Phi) is 5.83. The van der Waals surface area contributed by atoms with E-state index in [9.17, 15) is 18.0 Å². The van der Waals surface area contributed by atoms with Crippen LogP contribution in [0.5, 0.6) is 5.75 Å². The highest BCUT2D eigenvalue weighted by molar-refractivity contribution is 8.01. The summed E-state index contributed by atoms with van der Waals surface area (Å²) in [6.45, 7) is 1.98. The van der Waals surface area contributed by atoms with Crippen molar-refractivity contribution < 1.29 is 22.7 Å². The number of amides is 1. The summed E-state index contributed by atoms with van der Waals surface area (Å²) in [7, 11) is 0. The Morgan fingerprint density at radius 1 is 1.30 bits per heavy atom. The van der Waals surface area contributed by atoms with Crippen molar-refractivity contribution in [3.8, 4) is 5.75 Å². The van der Waals surface area contributed by atoms with Crippen molar-refractivity contribution in [2.75, 3.05) is 11.1 Å². The number of hydrogen-bond acceptors (Lipinski definition) is 6. The van der Waals surface area contributed by atoms with Gasteiger partial charge in [0.1, 0.15) is 5.75 Å². The maximum atomic E-state index is 12.1. The highest BCUT2D eigenvalue weighted by atomic mass is 32.2. The number of ether oxygens (including phenoxy) is 1. The van der Waals surface area contributed by atoms with Crippen molar-refractivity contribution in [2.24, 2.45) is 0 Å². The van der Waals surface area contributed by atoms with Crippen LogP contribution in [0.4, 0.5) is 18.3 Å². The normalized spacial score (nSPS) is 11.3. The van der Waals surface area contributed by atoms with E-state index in [0.717, 1.165) is 22.2 Å². The van der Waals surface area contributed by atoms with Gasteiger partial charge in [0.15, 0.2) is 4.34 Å². The van der Waals surface area contributed by atoms with E-state index < -0.39 is 6.36 Å². The van der Waals surface area contributed by atoms with Crippen LogP contribution in [0.15, 0.2) is 28.6 Å². The summed E-state index contributed by atoms with van der Waals surface area (Å²) in [6, 6.07) is 5.13. The molecule has 2 aromatic rings. The van der Waals surface area contributed by atoms with Crippen LogP contribution in [0.1, 0.15) is 12.5 Å². The van der Waals surface area contributed by atoms with E-state index in [1.54, 1.807) is 0 Å². The molecule has 0 aliphatic heterocycles. The minimum absolute atomic E-state index is 0.0160. The lowest BCUT2D eigenvalue weighted by Gasteiger charge is -2.09. The fourth-order valence-electron chi connectivity index (χ4n) is 1.60. The van der Waals surface area contributed by atoms with Gasteiger partial charge in [0.05, 0.1) is 6.42 Å². The minimum atomic E-state index is -4.73. The topological polar surface area (TPSA) is 64.1 Å². The molecule has 2 rings (SSSR count). The van der Waals surface area contributed by atoms with Crippen molar-refractivity contribution in [1.29, 1.82) is 0 Å². The van der Waals surface area contributed by atoms with Gasteiger partial charge in [-0.3, -0.25) is 4.79 Å². The van der Waals surface area contributed by atoms with Crippen LogP contribution in [0.3, 0.4) is 0 Å². The van der Waals surface area contributed by atoms with Crippen LogP contribution in [0.25, 0.3) is 0 Å². The number of aromatic nitrogens is 2. The molecule has 10 heteroatoms. The lowest BCUT2D eigenvalue weighted by molar-refractivity contribution is -0.274. The Labute approximate surface area is 138 Å². The highest BCUT2D eigenvalue weighted by Gasteiger charge is 2.30. The second-order valence-corrected chi connectivity index (χ2v) is 6.71. The van der Waals surface area contributed by atoms with Crippen LogP contribution in [-0.4, -0.2) is 28.2 Å². The van der Waals surface area contributed by atoms with Gasteiger partial charge in [0, 0.05) is 0 Å². The molecular formula is C13H12F3N3O2S2. The van der Waals surface area contributed by atoms with Crippen molar-refractivity contribution in [1.82, 2.24) is 10.2 Å². The van der Waals surface area contributed by atoms with Crippen LogP contribution in [-0.2, 0) is 11.2 Å². The number of nitrogens with one attached hydrogen (secondary N) is 1. The third-order valence-corrected chi connectivity index (χ3v) is 4.30. The third kappa shape index (κ3) is 6.06. The van der Waals surface area contributed by atoms with Gasteiger partial charge in [-0.1, -0.05) is 42.2 Å². The molecule has 124 valence electrons. The fourth-order valence-corrected chi connectivity index (χ4v) is 3.27. The summed E-state index contributed by atoms with van der Waals surface area (Å²) in [5.74, 6) is 0.209. The molecule has 1 heterocycles.